The van der Waals surface area contributed by atoms with Crippen LogP contribution in [0.1, 0.15) is 24.7 Å². The third kappa shape index (κ3) is 2.83. The van der Waals surface area contributed by atoms with Gasteiger partial charge in [0.2, 0.25) is 0 Å². The molecule has 1 rings (SSSR count). The molecule has 1 aromatic heterocycles. The number of hydrogen-bond donors (Lipinski definition) is 0. The first kappa shape index (κ1) is 10.8. The Morgan fingerprint density at radius 2 is 2.23 bits per heavy atom. The molecule has 74 valence electrons. The van der Waals surface area contributed by atoms with Crippen molar-refractivity contribution < 1.29 is 0 Å². The zero-order chi connectivity index (χ0) is 9.84. The highest BCUT2D eigenvalue weighted by molar-refractivity contribution is 9.09. The third-order valence-corrected chi connectivity index (χ3v) is 3.25. The maximum Gasteiger partial charge on any atom is 0.0596 e. The van der Waals surface area contributed by atoms with Crippen LogP contribution >= 0.6 is 15.9 Å². The van der Waals surface area contributed by atoms with Gasteiger partial charge in [-0.25, -0.2) is 0 Å². The molecule has 2 nitrogen and oxygen atoms in total. The average molecular weight is 245 g/mol. The lowest BCUT2D eigenvalue weighted by Gasteiger charge is -2.12. The summed E-state index contributed by atoms with van der Waals surface area (Å²) < 4.78 is 2.10. The van der Waals surface area contributed by atoms with E-state index in [4.69, 9.17) is 0 Å². The number of aromatic nitrogens is 2. The summed E-state index contributed by atoms with van der Waals surface area (Å²) in [5.74, 6) is 0.693. The highest BCUT2D eigenvalue weighted by atomic mass is 79.9. The van der Waals surface area contributed by atoms with Crippen LogP contribution in [0.3, 0.4) is 0 Å². The van der Waals surface area contributed by atoms with Crippen LogP contribution in [0.15, 0.2) is 6.07 Å². The molecule has 3 heteroatoms. The summed E-state index contributed by atoms with van der Waals surface area (Å²) in [5.41, 5.74) is 2.37. The predicted molar refractivity (Wildman–Crippen MR) is 59.3 cm³/mol. The molecule has 0 aromatic carbocycles. The average Bonchev–Trinajstić information content (AvgIpc) is 2.41. The number of halogens is 1. The maximum atomic E-state index is 4.44. The molecule has 0 aliphatic rings. The molecule has 1 heterocycles. The summed E-state index contributed by atoms with van der Waals surface area (Å²) in [4.78, 5) is 0. The summed E-state index contributed by atoms with van der Waals surface area (Å²) in [6.07, 6.45) is 1.20. The van der Waals surface area contributed by atoms with Gasteiger partial charge in [-0.15, -0.1) is 0 Å². The van der Waals surface area contributed by atoms with Gasteiger partial charge >= 0.3 is 0 Å². The molecular weight excluding hydrogens is 228 g/mol. The van der Waals surface area contributed by atoms with E-state index in [9.17, 15) is 0 Å². The highest BCUT2D eigenvalue weighted by Gasteiger charge is 2.08. The van der Waals surface area contributed by atoms with Crippen molar-refractivity contribution in [3.8, 4) is 0 Å². The maximum absolute atomic E-state index is 4.44. The van der Waals surface area contributed by atoms with Crippen LogP contribution in [0.5, 0.6) is 0 Å². The number of hydrogen-bond acceptors (Lipinski definition) is 1. The lowest BCUT2D eigenvalue weighted by Crippen LogP contribution is -2.13. The largest absolute Gasteiger partial charge is 0.269 e. The van der Waals surface area contributed by atoms with Crippen LogP contribution in [-0.2, 0) is 6.54 Å². The first-order valence-electron chi connectivity index (χ1n) is 4.74. The Kier molecular flexibility index (Phi) is 3.97. The van der Waals surface area contributed by atoms with Gasteiger partial charge in [0.25, 0.3) is 0 Å². The summed E-state index contributed by atoms with van der Waals surface area (Å²) in [6.45, 7) is 7.40. The van der Waals surface area contributed by atoms with E-state index in [2.05, 4.69) is 45.6 Å². The summed E-state index contributed by atoms with van der Waals surface area (Å²) in [5, 5.41) is 5.50. The summed E-state index contributed by atoms with van der Waals surface area (Å²) >= 11 is 3.52. The fourth-order valence-electron chi connectivity index (χ4n) is 1.39. The van der Waals surface area contributed by atoms with Crippen molar-refractivity contribution in [2.75, 3.05) is 5.33 Å². The molecule has 0 saturated heterocycles. The van der Waals surface area contributed by atoms with Gasteiger partial charge in [0.05, 0.1) is 5.69 Å². The number of nitrogens with zero attached hydrogens (tertiary/aromatic N) is 2. The van der Waals surface area contributed by atoms with E-state index in [0.29, 0.717) is 5.92 Å². The second-order valence-electron chi connectivity index (χ2n) is 3.54. The quantitative estimate of drug-likeness (QED) is 0.746. The molecule has 1 atom stereocenters. The predicted octanol–water partition coefficient (Wildman–Crippen LogP) is 2.92. The molecule has 0 aliphatic carbocycles. The normalized spacial score (nSPS) is 13.2. The van der Waals surface area contributed by atoms with Crippen LogP contribution in [0.4, 0.5) is 0 Å². The Bertz CT molecular complexity index is 264. The van der Waals surface area contributed by atoms with E-state index < -0.39 is 0 Å². The van der Waals surface area contributed by atoms with E-state index >= 15 is 0 Å². The Balaban J connectivity index is 2.67. The van der Waals surface area contributed by atoms with Gasteiger partial charge in [0.15, 0.2) is 0 Å². The van der Waals surface area contributed by atoms with Crippen LogP contribution in [0, 0.1) is 19.8 Å². The van der Waals surface area contributed by atoms with Gasteiger partial charge < -0.3 is 0 Å². The first-order valence-corrected chi connectivity index (χ1v) is 5.86. The monoisotopic (exact) mass is 244 g/mol. The molecule has 0 aliphatic heterocycles. The minimum absolute atomic E-state index is 0.693. The van der Waals surface area contributed by atoms with Gasteiger partial charge in [-0.3, -0.25) is 4.68 Å². The van der Waals surface area contributed by atoms with Crippen molar-refractivity contribution >= 4 is 15.9 Å². The smallest absolute Gasteiger partial charge is 0.0596 e. The lowest BCUT2D eigenvalue weighted by atomic mass is 10.1. The van der Waals surface area contributed by atoms with Crippen LogP contribution < -0.4 is 0 Å². The van der Waals surface area contributed by atoms with E-state index in [-0.39, 0.29) is 0 Å². The van der Waals surface area contributed by atoms with Crippen molar-refractivity contribution in [2.45, 2.75) is 33.7 Å². The summed E-state index contributed by atoms with van der Waals surface area (Å²) in [7, 11) is 0. The topological polar surface area (TPSA) is 17.8 Å². The Morgan fingerprint density at radius 3 is 2.62 bits per heavy atom. The molecule has 13 heavy (non-hydrogen) atoms. The molecule has 1 unspecified atom stereocenters. The zero-order valence-corrected chi connectivity index (χ0v) is 10.1. The molecule has 0 fully saturated rings. The van der Waals surface area contributed by atoms with Crippen LogP contribution in [0.2, 0.25) is 0 Å². The number of rotatable bonds is 4. The SMILES string of the molecule is CCC(CBr)Cn1nc(C)cc1C. The number of alkyl halides is 1. The molecule has 0 spiro atoms. The first-order chi connectivity index (χ1) is 6.17. The minimum atomic E-state index is 0.693. The van der Waals surface area contributed by atoms with Crippen LogP contribution in [-0.4, -0.2) is 15.1 Å². The van der Waals surface area contributed by atoms with Crippen molar-refractivity contribution in [1.82, 2.24) is 9.78 Å². The highest BCUT2D eigenvalue weighted by Crippen LogP contribution is 2.11. The van der Waals surface area contributed by atoms with Crippen molar-refractivity contribution in [3.05, 3.63) is 17.5 Å². The minimum Gasteiger partial charge on any atom is -0.269 e. The molecular formula is C10H17BrN2. The second-order valence-corrected chi connectivity index (χ2v) is 4.19. The van der Waals surface area contributed by atoms with Crippen molar-refractivity contribution in [2.24, 2.45) is 5.92 Å². The number of aryl methyl sites for hydroxylation is 2. The standard InChI is InChI=1S/C10H17BrN2/c1-4-10(6-11)7-13-9(3)5-8(2)12-13/h5,10H,4,6-7H2,1-3H3. The molecule has 0 bridgehead atoms. The Morgan fingerprint density at radius 1 is 1.54 bits per heavy atom. The van der Waals surface area contributed by atoms with E-state index in [1.165, 1.54) is 12.1 Å². The van der Waals surface area contributed by atoms with Crippen molar-refractivity contribution in [3.63, 3.8) is 0 Å². The fourth-order valence-corrected chi connectivity index (χ4v) is 2.05. The molecule has 0 amide bonds. The van der Waals surface area contributed by atoms with Gasteiger partial charge in [-0.2, -0.15) is 5.10 Å². The summed E-state index contributed by atoms with van der Waals surface area (Å²) in [6, 6.07) is 2.13. The molecule has 0 N–H and O–H groups in total. The lowest BCUT2D eigenvalue weighted by molar-refractivity contribution is 0.439. The third-order valence-electron chi connectivity index (χ3n) is 2.33. The van der Waals surface area contributed by atoms with E-state index in [1.54, 1.807) is 0 Å². The van der Waals surface area contributed by atoms with Gasteiger partial charge in [-0.1, -0.05) is 29.3 Å². The second kappa shape index (κ2) is 4.80. The Labute approximate surface area is 88.5 Å². The van der Waals surface area contributed by atoms with Gasteiger partial charge in [0.1, 0.15) is 0 Å². The van der Waals surface area contributed by atoms with Gasteiger partial charge in [-0.05, 0) is 25.8 Å². The zero-order valence-electron chi connectivity index (χ0n) is 8.55. The molecule has 1 aromatic rings. The molecule has 0 saturated carbocycles. The fraction of sp³-hybridized carbons (Fsp3) is 0.700. The Hall–Kier alpha value is -0.310. The van der Waals surface area contributed by atoms with E-state index in [1.807, 2.05) is 6.92 Å². The van der Waals surface area contributed by atoms with Crippen LogP contribution in [0.25, 0.3) is 0 Å². The van der Waals surface area contributed by atoms with Crippen molar-refractivity contribution in [1.29, 1.82) is 0 Å². The van der Waals surface area contributed by atoms with Gasteiger partial charge in [0, 0.05) is 17.6 Å². The van der Waals surface area contributed by atoms with E-state index in [0.717, 1.165) is 17.6 Å². The molecule has 0 radical (unpaired) electrons.